The van der Waals surface area contributed by atoms with Gasteiger partial charge in [-0.2, -0.15) is 0 Å². The number of aromatic amines is 1. The van der Waals surface area contributed by atoms with Crippen LogP contribution < -0.4 is 5.73 Å². The van der Waals surface area contributed by atoms with E-state index in [9.17, 15) is 9.18 Å². The molecular formula is C23H25FN4O. The van der Waals surface area contributed by atoms with Crippen LogP contribution in [0.15, 0.2) is 48.5 Å². The van der Waals surface area contributed by atoms with Gasteiger partial charge in [0.1, 0.15) is 11.7 Å². The molecule has 1 saturated heterocycles. The first-order valence-electron chi connectivity index (χ1n) is 9.96. The summed E-state index contributed by atoms with van der Waals surface area (Å²) in [6.45, 7) is 1.49. The van der Waals surface area contributed by atoms with Crippen molar-refractivity contribution >= 4 is 22.6 Å². The number of carbonyl (C=O) groups excluding carboxylic acids is 1. The number of aromatic nitrogens is 1. The van der Waals surface area contributed by atoms with Crippen LogP contribution in [0.1, 0.15) is 29.7 Å². The van der Waals surface area contributed by atoms with Gasteiger partial charge in [0.2, 0.25) is 5.91 Å². The standard InChI is InChI=1S/C23H25FN4O/c24-19-3-1-2-16(11-19)10-15-6-8-28(9-7-15)22(29)14-20-13-18-12-17(23(25)26)4-5-21(18)27-20/h1-5,11-13,15,27H,6-10,14H2,(H3,25,26). The Morgan fingerprint density at radius 2 is 1.97 bits per heavy atom. The lowest BCUT2D eigenvalue weighted by molar-refractivity contribution is -0.131. The number of hydrogen-bond acceptors (Lipinski definition) is 2. The van der Waals surface area contributed by atoms with Crippen LogP contribution >= 0.6 is 0 Å². The van der Waals surface area contributed by atoms with Crippen LogP contribution in [0.3, 0.4) is 0 Å². The van der Waals surface area contributed by atoms with E-state index in [-0.39, 0.29) is 17.6 Å². The summed E-state index contributed by atoms with van der Waals surface area (Å²) in [5.41, 5.74) is 9.06. The molecule has 2 heterocycles. The molecule has 3 aromatic rings. The third kappa shape index (κ3) is 4.47. The normalized spacial score (nSPS) is 15.0. The van der Waals surface area contributed by atoms with Crippen LogP contribution in [-0.4, -0.2) is 34.7 Å². The van der Waals surface area contributed by atoms with Crippen molar-refractivity contribution in [3.8, 4) is 0 Å². The second-order valence-corrected chi connectivity index (χ2v) is 7.85. The minimum absolute atomic E-state index is 0.0341. The minimum atomic E-state index is -0.191. The molecule has 1 amide bonds. The monoisotopic (exact) mass is 392 g/mol. The SMILES string of the molecule is N=C(N)c1ccc2[nH]c(CC(=O)N3CCC(Cc4cccc(F)c4)CC3)cc2c1. The van der Waals surface area contributed by atoms with Crippen LogP contribution in [0.25, 0.3) is 10.9 Å². The molecule has 29 heavy (non-hydrogen) atoms. The number of fused-ring (bicyclic) bond motifs is 1. The molecule has 0 unspecified atom stereocenters. The zero-order valence-corrected chi connectivity index (χ0v) is 16.2. The molecular weight excluding hydrogens is 367 g/mol. The minimum Gasteiger partial charge on any atom is -0.384 e. The lowest BCUT2D eigenvalue weighted by atomic mass is 9.90. The first-order valence-corrected chi connectivity index (χ1v) is 9.96. The number of amidine groups is 1. The van der Waals surface area contributed by atoms with Gasteiger partial charge in [0.25, 0.3) is 0 Å². The molecule has 6 heteroatoms. The molecule has 4 rings (SSSR count). The number of rotatable bonds is 5. The number of H-pyrrole nitrogens is 1. The van der Waals surface area contributed by atoms with Crippen molar-refractivity contribution in [1.29, 1.82) is 5.41 Å². The summed E-state index contributed by atoms with van der Waals surface area (Å²) < 4.78 is 13.4. The summed E-state index contributed by atoms with van der Waals surface area (Å²) in [6.07, 6.45) is 3.08. The Morgan fingerprint density at radius 3 is 2.69 bits per heavy atom. The van der Waals surface area contributed by atoms with Gasteiger partial charge in [-0.25, -0.2) is 4.39 Å². The maximum Gasteiger partial charge on any atom is 0.228 e. The summed E-state index contributed by atoms with van der Waals surface area (Å²) in [5, 5.41) is 8.50. The molecule has 0 bridgehead atoms. The maximum absolute atomic E-state index is 13.4. The van der Waals surface area contributed by atoms with Gasteiger partial charge in [0, 0.05) is 35.2 Å². The van der Waals surface area contributed by atoms with E-state index < -0.39 is 0 Å². The predicted molar refractivity (Wildman–Crippen MR) is 112 cm³/mol. The average Bonchev–Trinajstić information content (AvgIpc) is 3.10. The van der Waals surface area contributed by atoms with Crippen molar-refractivity contribution in [3.05, 3.63) is 71.2 Å². The predicted octanol–water partition coefficient (Wildman–Crippen LogP) is 3.61. The highest BCUT2D eigenvalue weighted by Gasteiger charge is 2.23. The molecule has 0 aliphatic carbocycles. The van der Waals surface area contributed by atoms with E-state index >= 15 is 0 Å². The number of hydrogen-bond donors (Lipinski definition) is 3. The Bertz CT molecular complexity index is 1050. The van der Waals surface area contributed by atoms with Gasteiger partial charge in [0.05, 0.1) is 6.42 Å². The Kier molecular flexibility index (Phi) is 5.34. The fourth-order valence-electron chi connectivity index (χ4n) is 4.11. The van der Waals surface area contributed by atoms with Gasteiger partial charge in [-0.1, -0.05) is 12.1 Å². The number of halogens is 1. The van der Waals surface area contributed by atoms with Gasteiger partial charge < -0.3 is 15.6 Å². The van der Waals surface area contributed by atoms with E-state index in [4.69, 9.17) is 11.1 Å². The highest BCUT2D eigenvalue weighted by molar-refractivity contribution is 5.98. The quantitative estimate of drug-likeness (QED) is 0.458. The Hall–Kier alpha value is -3.15. The number of benzene rings is 2. The fraction of sp³-hybridized carbons (Fsp3) is 0.304. The van der Waals surface area contributed by atoms with E-state index in [0.29, 0.717) is 17.9 Å². The smallest absolute Gasteiger partial charge is 0.228 e. The number of nitrogens with zero attached hydrogens (tertiary/aromatic N) is 1. The van der Waals surface area contributed by atoms with E-state index in [1.165, 1.54) is 6.07 Å². The number of likely N-dealkylation sites (tertiary alicyclic amines) is 1. The van der Waals surface area contributed by atoms with Crippen molar-refractivity contribution in [2.24, 2.45) is 11.7 Å². The van der Waals surface area contributed by atoms with Crippen LogP contribution in [-0.2, 0) is 17.6 Å². The first kappa shape index (κ1) is 19.2. The summed E-state index contributed by atoms with van der Waals surface area (Å²) in [4.78, 5) is 17.9. The van der Waals surface area contributed by atoms with Gasteiger partial charge >= 0.3 is 0 Å². The number of carbonyl (C=O) groups is 1. The van der Waals surface area contributed by atoms with E-state index in [0.717, 1.165) is 54.5 Å². The summed E-state index contributed by atoms with van der Waals surface area (Å²) in [7, 11) is 0. The summed E-state index contributed by atoms with van der Waals surface area (Å²) in [6, 6.07) is 14.3. The molecule has 1 aliphatic rings. The summed E-state index contributed by atoms with van der Waals surface area (Å²) >= 11 is 0. The molecule has 1 aromatic heterocycles. The first-order chi connectivity index (χ1) is 14.0. The molecule has 4 N–H and O–H groups in total. The Labute approximate surface area is 169 Å². The molecule has 5 nitrogen and oxygen atoms in total. The number of piperidine rings is 1. The van der Waals surface area contributed by atoms with Crippen molar-refractivity contribution < 1.29 is 9.18 Å². The molecule has 0 radical (unpaired) electrons. The van der Waals surface area contributed by atoms with Crippen molar-refractivity contribution in [3.63, 3.8) is 0 Å². The van der Waals surface area contributed by atoms with E-state index in [1.54, 1.807) is 18.2 Å². The van der Waals surface area contributed by atoms with Crippen LogP contribution in [0.2, 0.25) is 0 Å². The number of nitrogen functional groups attached to an aromatic ring is 1. The topological polar surface area (TPSA) is 86.0 Å². The van der Waals surface area contributed by atoms with Gasteiger partial charge in [-0.3, -0.25) is 10.2 Å². The number of nitrogens with two attached hydrogens (primary N) is 1. The van der Waals surface area contributed by atoms with Gasteiger partial charge in [-0.15, -0.1) is 0 Å². The second kappa shape index (κ2) is 8.07. The molecule has 0 spiro atoms. The van der Waals surface area contributed by atoms with Crippen LogP contribution in [0, 0.1) is 17.1 Å². The second-order valence-electron chi connectivity index (χ2n) is 7.85. The molecule has 1 fully saturated rings. The molecule has 1 aliphatic heterocycles. The third-order valence-corrected chi connectivity index (χ3v) is 5.71. The zero-order valence-electron chi connectivity index (χ0n) is 16.2. The lowest BCUT2D eigenvalue weighted by Gasteiger charge is -2.32. The maximum atomic E-state index is 13.4. The lowest BCUT2D eigenvalue weighted by Crippen LogP contribution is -2.39. The Morgan fingerprint density at radius 1 is 1.17 bits per heavy atom. The highest BCUT2D eigenvalue weighted by atomic mass is 19.1. The molecule has 0 saturated carbocycles. The Balaban J connectivity index is 1.34. The van der Waals surface area contributed by atoms with Crippen molar-refractivity contribution in [2.45, 2.75) is 25.7 Å². The van der Waals surface area contributed by atoms with Crippen molar-refractivity contribution in [1.82, 2.24) is 9.88 Å². The zero-order chi connectivity index (χ0) is 20.4. The molecule has 2 aromatic carbocycles. The van der Waals surface area contributed by atoms with Crippen LogP contribution in [0.5, 0.6) is 0 Å². The highest BCUT2D eigenvalue weighted by Crippen LogP contribution is 2.23. The molecule has 0 atom stereocenters. The fourth-order valence-corrected chi connectivity index (χ4v) is 4.11. The number of nitrogens with one attached hydrogen (secondary N) is 2. The van der Waals surface area contributed by atoms with E-state index in [2.05, 4.69) is 4.98 Å². The van der Waals surface area contributed by atoms with Gasteiger partial charge in [0.15, 0.2) is 0 Å². The van der Waals surface area contributed by atoms with Gasteiger partial charge in [-0.05, 0) is 67.1 Å². The van der Waals surface area contributed by atoms with Crippen molar-refractivity contribution in [2.75, 3.05) is 13.1 Å². The van der Waals surface area contributed by atoms with Crippen LogP contribution in [0.4, 0.5) is 4.39 Å². The third-order valence-electron chi connectivity index (χ3n) is 5.71. The largest absolute Gasteiger partial charge is 0.384 e. The molecule has 150 valence electrons. The average molecular weight is 392 g/mol. The van der Waals surface area contributed by atoms with E-state index in [1.807, 2.05) is 29.2 Å². The number of amides is 1. The summed E-state index contributed by atoms with van der Waals surface area (Å²) in [5.74, 6) is 0.446.